The summed E-state index contributed by atoms with van der Waals surface area (Å²) in [6.07, 6.45) is 8.98. The average molecular weight is 474 g/mol. The molecular weight excluding hydrogens is 426 g/mol. The van der Waals surface area contributed by atoms with E-state index in [0.29, 0.717) is 18.8 Å². The molecule has 0 bridgehead atoms. The van der Waals surface area contributed by atoms with Gasteiger partial charge in [-0.1, -0.05) is 40.7 Å². The van der Waals surface area contributed by atoms with Gasteiger partial charge in [0.2, 0.25) is 0 Å². The molecule has 0 aromatic rings. The summed E-state index contributed by atoms with van der Waals surface area (Å²) in [6.45, 7) is 13.3. The maximum atomic E-state index is 12.2. The van der Waals surface area contributed by atoms with E-state index < -0.39 is 23.0 Å². The predicted octanol–water partition coefficient (Wildman–Crippen LogP) is 4.90. The number of hydrogen-bond acceptors (Lipinski definition) is 4. The van der Waals surface area contributed by atoms with Gasteiger partial charge in [0.1, 0.15) is 0 Å². The lowest BCUT2D eigenvalue weighted by atomic mass is 9.35. The van der Waals surface area contributed by atoms with E-state index >= 15 is 0 Å². The Balaban J connectivity index is 1.61. The van der Waals surface area contributed by atoms with Crippen molar-refractivity contribution in [2.45, 2.75) is 117 Å². The van der Waals surface area contributed by atoms with Crippen molar-refractivity contribution in [3.05, 3.63) is 11.6 Å². The summed E-state index contributed by atoms with van der Waals surface area (Å²) in [4.78, 5) is 12.2. The second kappa shape index (κ2) is 7.10. The minimum Gasteiger partial charge on any atom is -0.481 e. The Kier molecular flexibility index (Phi) is 5.17. The van der Waals surface area contributed by atoms with Crippen LogP contribution in [0.4, 0.5) is 0 Å². The molecule has 0 aromatic carbocycles. The third-order valence-electron chi connectivity index (χ3n) is 12.8. The normalized spacial score (nSPS) is 56.3. The van der Waals surface area contributed by atoms with Gasteiger partial charge < -0.3 is 21.1 Å². The number of nitrogens with two attached hydrogens (primary N) is 1. The first kappa shape index (κ1) is 24.8. The summed E-state index contributed by atoms with van der Waals surface area (Å²) in [5.41, 5.74) is 6.96. The van der Waals surface area contributed by atoms with Gasteiger partial charge in [0.15, 0.2) is 0 Å². The molecule has 0 heterocycles. The van der Waals surface area contributed by atoms with Crippen molar-refractivity contribution >= 4 is 5.97 Å². The van der Waals surface area contributed by atoms with Crippen LogP contribution in [0.15, 0.2) is 11.6 Å². The van der Waals surface area contributed by atoms with Gasteiger partial charge in [-0.2, -0.15) is 0 Å². The molecule has 34 heavy (non-hydrogen) atoms. The fourth-order valence-corrected chi connectivity index (χ4v) is 10.4. The van der Waals surface area contributed by atoms with Crippen molar-refractivity contribution in [3.8, 4) is 0 Å². The summed E-state index contributed by atoms with van der Waals surface area (Å²) in [5, 5.41) is 32.8. The third kappa shape index (κ3) is 2.87. The summed E-state index contributed by atoms with van der Waals surface area (Å²) in [5.74, 6) is -0.226. The van der Waals surface area contributed by atoms with E-state index in [1.165, 1.54) is 0 Å². The zero-order valence-electron chi connectivity index (χ0n) is 22.2. The number of fused-ring (bicyclic) bond motifs is 7. The van der Waals surface area contributed by atoms with Crippen molar-refractivity contribution in [1.29, 1.82) is 0 Å². The molecule has 0 radical (unpaired) electrons. The van der Waals surface area contributed by atoms with Crippen LogP contribution in [0.2, 0.25) is 0 Å². The summed E-state index contributed by atoms with van der Waals surface area (Å²) in [7, 11) is 0. The van der Waals surface area contributed by atoms with Crippen LogP contribution in [0.5, 0.6) is 0 Å². The predicted molar refractivity (Wildman–Crippen MR) is 133 cm³/mol. The van der Waals surface area contributed by atoms with Crippen LogP contribution in [-0.4, -0.2) is 39.0 Å². The van der Waals surface area contributed by atoms with Gasteiger partial charge in [-0.25, -0.2) is 0 Å². The molecule has 2 unspecified atom stereocenters. The smallest absolute Gasteiger partial charge is 0.309 e. The van der Waals surface area contributed by atoms with Crippen LogP contribution in [0.3, 0.4) is 0 Å². The maximum absolute atomic E-state index is 12.2. The summed E-state index contributed by atoms with van der Waals surface area (Å²) < 4.78 is 0. The Bertz CT molecular complexity index is 929. The topological polar surface area (TPSA) is 104 Å². The first-order chi connectivity index (χ1) is 15.6. The Labute approximate surface area is 205 Å². The SMILES string of the molecule is CC1(C)C2CC[C@]3(C)[C@H](C(O)C=C4[C@@H]5C[C@@](C)(C(=O)O)CC[C@]5(C)CC[C@]43N)[C@@]2(C)CC[C@@H]1O. The molecular formula is C29H47NO4. The van der Waals surface area contributed by atoms with Crippen LogP contribution in [-0.2, 0) is 4.79 Å². The van der Waals surface area contributed by atoms with Gasteiger partial charge in [-0.05, 0) is 104 Å². The third-order valence-corrected chi connectivity index (χ3v) is 12.8. The molecule has 0 amide bonds. The Hall–Kier alpha value is -0.910. The van der Waals surface area contributed by atoms with Gasteiger partial charge >= 0.3 is 5.97 Å². The highest BCUT2D eigenvalue weighted by Gasteiger charge is 2.70. The number of carboxylic acids is 1. The second-order valence-electron chi connectivity index (χ2n) is 14.7. The summed E-state index contributed by atoms with van der Waals surface area (Å²) >= 11 is 0. The van der Waals surface area contributed by atoms with Crippen LogP contribution >= 0.6 is 0 Å². The lowest BCUT2D eigenvalue weighted by Gasteiger charge is -2.71. The fraction of sp³-hybridized carbons (Fsp3) is 0.897. The Morgan fingerprint density at radius 3 is 2.24 bits per heavy atom. The van der Waals surface area contributed by atoms with Gasteiger partial charge in [-0.3, -0.25) is 4.79 Å². The van der Waals surface area contributed by atoms with E-state index in [-0.39, 0.29) is 39.6 Å². The standard InChI is InChI=1S/C29H47NO4/c1-24(2)20-7-10-28(6)22(27(20,5)9-8-21(24)32)19(31)15-17-18-16-26(4,23(33)34)12-11-25(18,3)13-14-29(17,28)30/h15,18-22,31-32H,7-14,16,30H2,1-6H3,(H,33,34)/t18-,19?,20?,21-,22+,25+,26-,27-,28+,29-/m0/s1. The van der Waals surface area contributed by atoms with E-state index in [4.69, 9.17) is 5.73 Å². The highest BCUT2D eigenvalue weighted by Crippen LogP contribution is 2.72. The first-order valence-electron chi connectivity index (χ1n) is 13.7. The first-order valence-corrected chi connectivity index (χ1v) is 13.7. The molecule has 192 valence electrons. The van der Waals surface area contributed by atoms with Crippen LogP contribution in [0, 0.1) is 44.8 Å². The van der Waals surface area contributed by atoms with E-state index in [1.54, 1.807) is 0 Å². The highest BCUT2D eigenvalue weighted by molar-refractivity contribution is 5.74. The number of hydrogen-bond donors (Lipinski definition) is 4. The second-order valence-corrected chi connectivity index (χ2v) is 14.7. The van der Waals surface area contributed by atoms with Gasteiger partial charge in [0.05, 0.1) is 17.6 Å². The molecule has 5 heteroatoms. The molecule has 0 spiro atoms. The molecule has 5 nitrogen and oxygen atoms in total. The number of aliphatic hydroxyl groups is 2. The van der Waals surface area contributed by atoms with E-state index in [0.717, 1.165) is 50.5 Å². The molecule has 5 rings (SSSR count). The minimum absolute atomic E-state index is 0.0399. The Morgan fingerprint density at radius 1 is 0.941 bits per heavy atom. The molecule has 0 aliphatic heterocycles. The molecule has 0 saturated heterocycles. The Morgan fingerprint density at radius 2 is 1.59 bits per heavy atom. The number of carboxylic acid groups (broad SMARTS) is 1. The average Bonchev–Trinajstić information content (AvgIpc) is 2.73. The summed E-state index contributed by atoms with van der Waals surface area (Å²) in [6, 6.07) is 0. The van der Waals surface area contributed by atoms with E-state index in [2.05, 4.69) is 40.7 Å². The molecule has 10 atom stereocenters. The van der Waals surface area contributed by atoms with Crippen molar-refractivity contribution < 1.29 is 20.1 Å². The molecule has 5 aliphatic carbocycles. The minimum atomic E-state index is -0.737. The maximum Gasteiger partial charge on any atom is 0.309 e. The van der Waals surface area contributed by atoms with Gasteiger partial charge in [0, 0.05) is 11.5 Å². The van der Waals surface area contributed by atoms with Crippen LogP contribution in [0.25, 0.3) is 0 Å². The van der Waals surface area contributed by atoms with Crippen molar-refractivity contribution in [2.75, 3.05) is 0 Å². The lowest BCUT2D eigenvalue weighted by Crippen LogP contribution is -2.73. The van der Waals surface area contributed by atoms with Gasteiger partial charge in [0.25, 0.3) is 0 Å². The van der Waals surface area contributed by atoms with Crippen molar-refractivity contribution in [3.63, 3.8) is 0 Å². The fourth-order valence-electron chi connectivity index (χ4n) is 10.4. The largest absolute Gasteiger partial charge is 0.481 e. The highest BCUT2D eigenvalue weighted by atomic mass is 16.4. The lowest BCUT2D eigenvalue weighted by molar-refractivity contribution is -0.211. The molecule has 4 saturated carbocycles. The van der Waals surface area contributed by atoms with E-state index in [9.17, 15) is 20.1 Å². The number of rotatable bonds is 1. The van der Waals surface area contributed by atoms with Crippen molar-refractivity contribution in [2.24, 2.45) is 50.6 Å². The van der Waals surface area contributed by atoms with Crippen LogP contribution in [0.1, 0.15) is 99.3 Å². The number of aliphatic carboxylic acids is 1. The molecule has 4 fully saturated rings. The van der Waals surface area contributed by atoms with E-state index in [1.807, 2.05) is 6.92 Å². The number of aliphatic hydroxyl groups excluding tert-OH is 2. The van der Waals surface area contributed by atoms with Crippen LogP contribution < -0.4 is 5.73 Å². The molecule has 0 aromatic heterocycles. The molecule has 5 N–H and O–H groups in total. The number of carbonyl (C=O) groups is 1. The van der Waals surface area contributed by atoms with Gasteiger partial charge in [-0.15, -0.1) is 0 Å². The van der Waals surface area contributed by atoms with Crippen molar-refractivity contribution in [1.82, 2.24) is 0 Å². The quantitative estimate of drug-likeness (QED) is 0.406. The monoisotopic (exact) mass is 473 g/mol. The zero-order chi connectivity index (χ0) is 25.1. The molecule has 5 aliphatic rings. The zero-order valence-corrected chi connectivity index (χ0v) is 22.2.